The zero-order valence-corrected chi connectivity index (χ0v) is 18.4. The molecule has 0 aliphatic carbocycles. The zero-order chi connectivity index (χ0) is 21.0. The highest BCUT2D eigenvalue weighted by Gasteiger charge is 2.18. The minimum absolute atomic E-state index is 0.317. The van der Waals surface area contributed by atoms with Gasteiger partial charge in [0.05, 0.1) is 4.90 Å². The minimum atomic E-state index is -3.49. The second-order valence-electron chi connectivity index (χ2n) is 7.57. The fraction of sp³-hybridized carbons (Fsp3) is 0.304. The van der Waals surface area contributed by atoms with E-state index in [0.29, 0.717) is 11.4 Å². The van der Waals surface area contributed by atoms with Crippen molar-refractivity contribution in [2.45, 2.75) is 11.3 Å². The van der Waals surface area contributed by atoms with Gasteiger partial charge in [-0.2, -0.15) is 0 Å². The van der Waals surface area contributed by atoms with Gasteiger partial charge in [0, 0.05) is 43.4 Å². The lowest BCUT2D eigenvalue weighted by Gasteiger charge is -2.36. The second kappa shape index (κ2) is 9.35. The molecule has 0 aromatic heterocycles. The summed E-state index contributed by atoms with van der Waals surface area (Å²) in [7, 11) is -3.49. The highest BCUT2D eigenvalue weighted by Crippen LogP contribution is 2.20. The van der Waals surface area contributed by atoms with Crippen LogP contribution in [0.1, 0.15) is 6.42 Å². The Morgan fingerprint density at radius 1 is 0.867 bits per heavy atom. The molecule has 1 saturated heterocycles. The quantitative estimate of drug-likeness (QED) is 0.561. The van der Waals surface area contributed by atoms with E-state index < -0.39 is 10.0 Å². The van der Waals surface area contributed by atoms with Crippen molar-refractivity contribution in [2.24, 2.45) is 0 Å². The van der Waals surface area contributed by atoms with Crippen LogP contribution in [0.25, 0.3) is 10.8 Å². The second-order valence-corrected chi connectivity index (χ2v) is 9.77. The van der Waals surface area contributed by atoms with Crippen molar-refractivity contribution < 1.29 is 8.42 Å². The van der Waals surface area contributed by atoms with Crippen LogP contribution in [-0.4, -0.2) is 52.6 Å². The predicted molar refractivity (Wildman–Crippen MR) is 124 cm³/mol. The summed E-state index contributed by atoms with van der Waals surface area (Å²) in [4.78, 5) is 5.06. The Hall–Kier alpha value is -2.12. The Morgan fingerprint density at radius 3 is 2.30 bits per heavy atom. The van der Waals surface area contributed by atoms with Crippen LogP contribution >= 0.6 is 11.6 Å². The number of halogens is 1. The maximum absolute atomic E-state index is 12.6. The van der Waals surface area contributed by atoms with Gasteiger partial charge in [-0.25, -0.2) is 13.1 Å². The summed E-state index contributed by atoms with van der Waals surface area (Å²) in [6.45, 7) is 5.19. The molecule has 158 valence electrons. The number of hydrogen-bond donors (Lipinski definition) is 1. The average Bonchev–Trinajstić information content (AvgIpc) is 2.77. The summed E-state index contributed by atoms with van der Waals surface area (Å²) in [5.74, 6) is 0. The summed E-state index contributed by atoms with van der Waals surface area (Å²) in [6, 6.07) is 21.0. The lowest BCUT2D eigenvalue weighted by molar-refractivity contribution is 0.255. The molecule has 4 rings (SSSR count). The number of nitrogens with zero attached hydrogens (tertiary/aromatic N) is 2. The molecule has 1 heterocycles. The summed E-state index contributed by atoms with van der Waals surface area (Å²) in [6.07, 6.45) is 0.785. The van der Waals surface area contributed by atoms with Gasteiger partial charge in [0.2, 0.25) is 10.0 Å². The van der Waals surface area contributed by atoms with Crippen molar-refractivity contribution in [3.05, 3.63) is 71.8 Å². The van der Waals surface area contributed by atoms with Gasteiger partial charge in [-0.1, -0.05) is 41.9 Å². The van der Waals surface area contributed by atoms with E-state index in [9.17, 15) is 8.42 Å². The summed E-state index contributed by atoms with van der Waals surface area (Å²) >= 11 is 5.97. The first kappa shape index (κ1) is 21.1. The molecule has 3 aromatic rings. The molecule has 3 aromatic carbocycles. The van der Waals surface area contributed by atoms with E-state index in [2.05, 4.69) is 26.7 Å². The molecule has 0 bridgehead atoms. The Balaban J connectivity index is 1.23. The van der Waals surface area contributed by atoms with Crippen molar-refractivity contribution in [3.63, 3.8) is 0 Å². The monoisotopic (exact) mass is 443 g/mol. The number of anilines is 1. The standard InChI is InChI=1S/C23H26ClN3O2S/c24-21-7-9-22(10-8-21)27-16-14-26(15-17-27)13-3-12-25-30(28,29)23-11-6-19-4-1-2-5-20(19)18-23/h1-2,4-11,18,25H,3,12-17H2. The van der Waals surface area contributed by atoms with Gasteiger partial charge >= 0.3 is 0 Å². The third-order valence-electron chi connectivity index (χ3n) is 5.54. The molecule has 0 unspecified atom stereocenters. The minimum Gasteiger partial charge on any atom is -0.369 e. The maximum Gasteiger partial charge on any atom is 0.240 e. The predicted octanol–water partition coefficient (Wildman–Crippen LogP) is 3.98. The van der Waals surface area contributed by atoms with Gasteiger partial charge in [-0.3, -0.25) is 4.90 Å². The topological polar surface area (TPSA) is 52.7 Å². The molecule has 0 amide bonds. The van der Waals surface area contributed by atoms with Crippen LogP contribution < -0.4 is 9.62 Å². The lowest BCUT2D eigenvalue weighted by Crippen LogP contribution is -2.47. The van der Waals surface area contributed by atoms with Crippen molar-refractivity contribution in [1.82, 2.24) is 9.62 Å². The largest absolute Gasteiger partial charge is 0.369 e. The van der Waals surface area contributed by atoms with Crippen molar-refractivity contribution in [2.75, 3.05) is 44.2 Å². The van der Waals surface area contributed by atoms with E-state index in [4.69, 9.17) is 11.6 Å². The van der Waals surface area contributed by atoms with E-state index in [1.54, 1.807) is 12.1 Å². The van der Waals surface area contributed by atoms with Crippen LogP contribution in [0.3, 0.4) is 0 Å². The van der Waals surface area contributed by atoms with Crippen LogP contribution in [0.2, 0.25) is 5.02 Å². The van der Waals surface area contributed by atoms with Crippen molar-refractivity contribution in [3.8, 4) is 0 Å². The Labute approximate surface area is 183 Å². The number of hydrogen-bond acceptors (Lipinski definition) is 4. The smallest absolute Gasteiger partial charge is 0.240 e. The number of fused-ring (bicyclic) bond motifs is 1. The normalized spacial score (nSPS) is 15.6. The molecule has 5 nitrogen and oxygen atoms in total. The summed E-state index contributed by atoms with van der Waals surface area (Å²) in [5, 5.41) is 2.72. The van der Waals surface area contributed by atoms with Gasteiger partial charge < -0.3 is 4.90 Å². The molecule has 1 aliphatic heterocycles. The van der Waals surface area contributed by atoms with Crippen LogP contribution in [-0.2, 0) is 10.0 Å². The number of sulfonamides is 1. The average molecular weight is 444 g/mol. The number of benzene rings is 3. The van der Waals surface area contributed by atoms with Crippen molar-refractivity contribution in [1.29, 1.82) is 0 Å². The highest BCUT2D eigenvalue weighted by molar-refractivity contribution is 7.89. The summed E-state index contributed by atoms with van der Waals surface area (Å²) in [5.41, 5.74) is 1.20. The van der Waals surface area contributed by atoms with Gasteiger partial charge in [-0.05, 0) is 60.1 Å². The number of nitrogens with one attached hydrogen (secondary N) is 1. The van der Waals surface area contributed by atoms with E-state index in [1.807, 2.05) is 42.5 Å². The third-order valence-corrected chi connectivity index (χ3v) is 7.25. The van der Waals surface area contributed by atoms with E-state index in [-0.39, 0.29) is 0 Å². The highest BCUT2D eigenvalue weighted by atomic mass is 35.5. The van der Waals surface area contributed by atoms with Crippen molar-refractivity contribution >= 4 is 38.1 Å². The molecule has 0 spiro atoms. The van der Waals surface area contributed by atoms with Crippen LogP contribution in [0.15, 0.2) is 71.6 Å². The first-order chi connectivity index (χ1) is 14.5. The van der Waals surface area contributed by atoms with Gasteiger partial charge in [0.1, 0.15) is 0 Å². The molecular formula is C23H26ClN3O2S. The van der Waals surface area contributed by atoms with E-state index in [1.165, 1.54) is 5.69 Å². The molecule has 7 heteroatoms. The molecule has 0 saturated carbocycles. The first-order valence-electron chi connectivity index (χ1n) is 10.2. The molecule has 0 atom stereocenters. The maximum atomic E-state index is 12.6. The van der Waals surface area contributed by atoms with Crippen LogP contribution in [0.4, 0.5) is 5.69 Å². The fourth-order valence-electron chi connectivity index (χ4n) is 3.81. The SMILES string of the molecule is O=S(=O)(NCCCN1CCN(c2ccc(Cl)cc2)CC1)c1ccc2ccccc2c1. The first-order valence-corrected chi connectivity index (χ1v) is 12.1. The molecule has 1 N–H and O–H groups in total. The molecule has 30 heavy (non-hydrogen) atoms. The number of piperazine rings is 1. The van der Waals surface area contributed by atoms with Crippen LogP contribution in [0.5, 0.6) is 0 Å². The van der Waals surface area contributed by atoms with Gasteiger partial charge in [0.15, 0.2) is 0 Å². The third kappa shape index (κ3) is 5.13. The molecule has 0 radical (unpaired) electrons. The number of rotatable bonds is 7. The lowest BCUT2D eigenvalue weighted by atomic mass is 10.1. The van der Waals surface area contributed by atoms with E-state index >= 15 is 0 Å². The fourth-order valence-corrected chi connectivity index (χ4v) is 5.04. The van der Waals surface area contributed by atoms with Gasteiger partial charge in [-0.15, -0.1) is 0 Å². The zero-order valence-electron chi connectivity index (χ0n) is 16.8. The molecule has 1 fully saturated rings. The van der Waals surface area contributed by atoms with Gasteiger partial charge in [0.25, 0.3) is 0 Å². The Kier molecular flexibility index (Phi) is 6.58. The Bertz CT molecular complexity index is 1090. The van der Waals surface area contributed by atoms with Crippen LogP contribution in [0, 0.1) is 0 Å². The van der Waals surface area contributed by atoms with E-state index in [0.717, 1.165) is 54.9 Å². The Morgan fingerprint density at radius 2 is 1.57 bits per heavy atom. The molecular weight excluding hydrogens is 418 g/mol. The summed E-state index contributed by atoms with van der Waals surface area (Å²) < 4.78 is 28.0. The molecule has 1 aliphatic rings.